The number of hydrogen-bond acceptors (Lipinski definition) is 4. The maximum Gasteiger partial charge on any atom is 0.225 e. The van der Waals surface area contributed by atoms with Gasteiger partial charge in [-0.1, -0.05) is 41.9 Å². The van der Waals surface area contributed by atoms with Crippen molar-refractivity contribution in [1.82, 2.24) is 9.97 Å². The molecule has 3 nitrogen and oxygen atoms in total. The number of fused-ring (bicyclic) bond motifs is 1. The molecule has 0 spiro atoms. The summed E-state index contributed by atoms with van der Waals surface area (Å²) in [5, 5.41) is 5.05. The van der Waals surface area contributed by atoms with Crippen molar-refractivity contribution in [3.8, 4) is 0 Å². The fourth-order valence-corrected chi connectivity index (χ4v) is 3.45. The number of anilines is 1. The van der Waals surface area contributed by atoms with E-state index in [1.54, 1.807) is 0 Å². The second-order valence-corrected chi connectivity index (χ2v) is 6.25. The van der Waals surface area contributed by atoms with E-state index in [0.29, 0.717) is 17.4 Å². The largest absolute Gasteiger partial charge is 0.365 e. The van der Waals surface area contributed by atoms with Crippen molar-refractivity contribution in [3.63, 3.8) is 0 Å². The van der Waals surface area contributed by atoms with E-state index in [1.807, 2.05) is 37.3 Å². The van der Waals surface area contributed by atoms with Crippen LogP contribution in [-0.4, -0.2) is 9.97 Å². The van der Waals surface area contributed by atoms with Crippen LogP contribution in [0.3, 0.4) is 0 Å². The number of halogens is 2. The molecule has 0 saturated heterocycles. The maximum absolute atomic E-state index is 6.33. The van der Waals surface area contributed by atoms with Gasteiger partial charge in [0.25, 0.3) is 0 Å². The summed E-state index contributed by atoms with van der Waals surface area (Å²) >= 11 is 13.8. The molecule has 2 heterocycles. The first-order valence-corrected chi connectivity index (χ1v) is 7.62. The molecule has 0 amide bonds. The van der Waals surface area contributed by atoms with Crippen LogP contribution in [0.5, 0.6) is 0 Å². The Bertz CT molecular complexity index is 756. The molecule has 0 atom stereocenters. The molecule has 0 fully saturated rings. The van der Waals surface area contributed by atoms with Gasteiger partial charge in [0.15, 0.2) is 0 Å². The number of nitrogens with zero attached hydrogens (tertiary/aromatic N) is 2. The number of benzene rings is 1. The summed E-state index contributed by atoms with van der Waals surface area (Å²) in [4.78, 5) is 10.3. The highest BCUT2D eigenvalue weighted by atomic mass is 35.5. The van der Waals surface area contributed by atoms with Crippen LogP contribution in [0.25, 0.3) is 10.2 Å². The molecule has 0 radical (unpaired) electrons. The number of thiophene rings is 1. The molecule has 6 heteroatoms. The van der Waals surface area contributed by atoms with Gasteiger partial charge < -0.3 is 5.32 Å². The van der Waals surface area contributed by atoms with E-state index in [-0.39, 0.29) is 5.28 Å². The predicted octanol–water partition coefficient (Wildman–Crippen LogP) is 4.92. The lowest BCUT2D eigenvalue weighted by Crippen LogP contribution is -2.02. The first kappa shape index (κ1) is 13.6. The first-order valence-electron chi connectivity index (χ1n) is 6.05. The predicted molar refractivity (Wildman–Crippen MR) is 85.9 cm³/mol. The van der Waals surface area contributed by atoms with Crippen LogP contribution >= 0.6 is 34.5 Å². The van der Waals surface area contributed by atoms with E-state index in [2.05, 4.69) is 15.3 Å². The van der Waals surface area contributed by atoms with Gasteiger partial charge in [-0.3, -0.25) is 0 Å². The molecule has 0 aliphatic rings. The molecule has 0 bridgehead atoms. The molecule has 0 aliphatic heterocycles. The second kappa shape index (κ2) is 5.56. The second-order valence-electron chi connectivity index (χ2n) is 4.33. The molecule has 2 aromatic heterocycles. The SMILES string of the molecule is Cc1sc2nc(Cl)nc(NCc3ccccc3)c2c1Cl. The highest BCUT2D eigenvalue weighted by molar-refractivity contribution is 7.19. The normalized spacial score (nSPS) is 10.9. The molecular weight excluding hydrogens is 313 g/mol. The molecule has 1 aromatic carbocycles. The van der Waals surface area contributed by atoms with Gasteiger partial charge >= 0.3 is 0 Å². The van der Waals surface area contributed by atoms with Gasteiger partial charge in [-0.2, -0.15) is 0 Å². The van der Waals surface area contributed by atoms with Crippen LogP contribution in [0, 0.1) is 6.92 Å². The number of nitrogens with one attached hydrogen (secondary N) is 1. The highest BCUT2D eigenvalue weighted by Crippen LogP contribution is 2.38. The fraction of sp³-hybridized carbons (Fsp3) is 0.143. The van der Waals surface area contributed by atoms with Crippen molar-refractivity contribution >= 4 is 50.6 Å². The monoisotopic (exact) mass is 323 g/mol. The van der Waals surface area contributed by atoms with Crippen LogP contribution in [0.15, 0.2) is 30.3 Å². The lowest BCUT2D eigenvalue weighted by atomic mass is 10.2. The van der Waals surface area contributed by atoms with E-state index in [0.717, 1.165) is 15.1 Å². The Kier molecular flexibility index (Phi) is 3.78. The zero-order valence-electron chi connectivity index (χ0n) is 10.7. The Morgan fingerprint density at radius 3 is 2.65 bits per heavy atom. The standard InChI is InChI=1S/C14H11Cl2N3S/c1-8-11(15)10-12(18-14(16)19-13(10)20-8)17-7-9-5-3-2-4-6-9/h2-6H,7H2,1H3,(H,17,18,19). The summed E-state index contributed by atoms with van der Waals surface area (Å²) in [6.45, 7) is 2.62. The molecule has 3 rings (SSSR count). The summed E-state index contributed by atoms with van der Waals surface area (Å²) in [6.07, 6.45) is 0. The van der Waals surface area contributed by atoms with Crippen molar-refractivity contribution in [3.05, 3.63) is 51.1 Å². The minimum Gasteiger partial charge on any atom is -0.365 e. The van der Waals surface area contributed by atoms with Crippen molar-refractivity contribution in [2.24, 2.45) is 0 Å². The summed E-state index contributed by atoms with van der Waals surface area (Å²) < 4.78 is 0. The molecule has 1 N–H and O–H groups in total. The topological polar surface area (TPSA) is 37.8 Å². The van der Waals surface area contributed by atoms with E-state index < -0.39 is 0 Å². The summed E-state index contributed by atoms with van der Waals surface area (Å²) in [6, 6.07) is 10.1. The molecule has 0 unspecified atom stereocenters. The third-order valence-corrected chi connectivity index (χ3v) is 4.68. The average molecular weight is 324 g/mol. The minimum atomic E-state index is 0.228. The Labute approximate surface area is 130 Å². The molecule has 0 saturated carbocycles. The smallest absolute Gasteiger partial charge is 0.225 e. The average Bonchev–Trinajstić information content (AvgIpc) is 2.72. The van der Waals surface area contributed by atoms with Gasteiger partial charge in [-0.05, 0) is 24.1 Å². The summed E-state index contributed by atoms with van der Waals surface area (Å²) in [5.74, 6) is 0.679. The summed E-state index contributed by atoms with van der Waals surface area (Å²) in [5.41, 5.74) is 1.17. The van der Waals surface area contributed by atoms with Gasteiger partial charge in [0.2, 0.25) is 5.28 Å². The summed E-state index contributed by atoms with van der Waals surface area (Å²) in [7, 11) is 0. The van der Waals surface area contributed by atoms with E-state index in [9.17, 15) is 0 Å². The number of aromatic nitrogens is 2. The third-order valence-electron chi connectivity index (χ3n) is 2.93. The van der Waals surface area contributed by atoms with Crippen LogP contribution in [0.4, 0.5) is 5.82 Å². The van der Waals surface area contributed by atoms with Gasteiger partial charge in [-0.15, -0.1) is 11.3 Å². The van der Waals surface area contributed by atoms with Crippen molar-refractivity contribution in [1.29, 1.82) is 0 Å². The number of aryl methyl sites for hydroxylation is 1. The maximum atomic E-state index is 6.33. The molecule has 102 valence electrons. The molecule has 0 aliphatic carbocycles. The molecule has 3 aromatic rings. The zero-order valence-corrected chi connectivity index (χ0v) is 13.0. The van der Waals surface area contributed by atoms with E-state index in [1.165, 1.54) is 16.9 Å². The first-order chi connectivity index (χ1) is 9.65. The van der Waals surface area contributed by atoms with Gasteiger partial charge in [-0.25, -0.2) is 9.97 Å². The van der Waals surface area contributed by atoms with Gasteiger partial charge in [0, 0.05) is 11.4 Å². The van der Waals surface area contributed by atoms with Gasteiger partial charge in [0.05, 0.1) is 10.4 Å². The van der Waals surface area contributed by atoms with Gasteiger partial charge in [0.1, 0.15) is 10.6 Å². The third kappa shape index (κ3) is 2.59. The van der Waals surface area contributed by atoms with E-state index >= 15 is 0 Å². The Hall–Kier alpha value is -1.36. The molecule has 20 heavy (non-hydrogen) atoms. The fourth-order valence-electron chi connectivity index (χ4n) is 1.96. The number of rotatable bonds is 3. The van der Waals surface area contributed by atoms with Crippen LogP contribution in [0.1, 0.15) is 10.4 Å². The highest BCUT2D eigenvalue weighted by Gasteiger charge is 2.15. The lowest BCUT2D eigenvalue weighted by molar-refractivity contribution is 1.11. The molecular formula is C14H11Cl2N3S. The van der Waals surface area contributed by atoms with Crippen molar-refractivity contribution in [2.75, 3.05) is 5.32 Å². The lowest BCUT2D eigenvalue weighted by Gasteiger charge is -2.07. The zero-order chi connectivity index (χ0) is 14.1. The van der Waals surface area contributed by atoms with E-state index in [4.69, 9.17) is 23.2 Å². The Balaban J connectivity index is 1.98. The van der Waals surface area contributed by atoms with Crippen LogP contribution < -0.4 is 5.32 Å². The number of hydrogen-bond donors (Lipinski definition) is 1. The minimum absolute atomic E-state index is 0.228. The van der Waals surface area contributed by atoms with Crippen LogP contribution in [0.2, 0.25) is 10.3 Å². The Morgan fingerprint density at radius 1 is 1.15 bits per heavy atom. The Morgan fingerprint density at radius 2 is 1.90 bits per heavy atom. The quantitative estimate of drug-likeness (QED) is 0.695. The van der Waals surface area contributed by atoms with Crippen LogP contribution in [-0.2, 0) is 6.54 Å². The van der Waals surface area contributed by atoms with Crippen molar-refractivity contribution in [2.45, 2.75) is 13.5 Å². The van der Waals surface area contributed by atoms with Crippen molar-refractivity contribution < 1.29 is 0 Å².